The molecule has 1 spiro atoms. The molecule has 2 amide bonds. The third-order valence-electron chi connectivity index (χ3n) is 6.26. The molecular formula is C22H28N4O4. The first-order chi connectivity index (χ1) is 14.5. The van der Waals surface area contributed by atoms with Gasteiger partial charge < -0.3 is 19.5 Å². The predicted octanol–water partition coefficient (Wildman–Crippen LogP) is 2.20. The van der Waals surface area contributed by atoms with E-state index in [1.54, 1.807) is 24.4 Å². The third kappa shape index (κ3) is 4.38. The van der Waals surface area contributed by atoms with E-state index in [0.29, 0.717) is 37.5 Å². The van der Waals surface area contributed by atoms with E-state index in [4.69, 9.17) is 9.26 Å². The van der Waals surface area contributed by atoms with Gasteiger partial charge in [0.25, 0.3) is 5.91 Å². The van der Waals surface area contributed by atoms with Crippen LogP contribution in [0.25, 0.3) is 0 Å². The fourth-order valence-electron chi connectivity index (χ4n) is 4.38. The van der Waals surface area contributed by atoms with E-state index < -0.39 is 0 Å². The number of hydrogen-bond acceptors (Lipinski definition) is 6. The lowest BCUT2D eigenvalue weighted by molar-refractivity contribution is -0.136. The predicted molar refractivity (Wildman–Crippen MR) is 109 cm³/mol. The van der Waals surface area contributed by atoms with Gasteiger partial charge >= 0.3 is 0 Å². The highest BCUT2D eigenvalue weighted by Gasteiger charge is 2.43. The molecule has 8 nitrogen and oxygen atoms in total. The molecule has 2 saturated heterocycles. The molecule has 4 rings (SSSR count). The molecule has 160 valence electrons. The van der Waals surface area contributed by atoms with Crippen LogP contribution in [0.4, 0.5) is 0 Å². The lowest BCUT2D eigenvalue weighted by Crippen LogP contribution is -2.47. The molecule has 0 radical (unpaired) electrons. The van der Waals surface area contributed by atoms with Crippen LogP contribution < -0.4 is 5.32 Å². The average Bonchev–Trinajstić information content (AvgIpc) is 3.31. The lowest BCUT2D eigenvalue weighted by atomic mass is 9.88. The second-order valence-electron chi connectivity index (χ2n) is 8.25. The van der Waals surface area contributed by atoms with Crippen LogP contribution in [0.1, 0.15) is 53.2 Å². The fraction of sp³-hybridized carbons (Fsp3) is 0.545. The van der Waals surface area contributed by atoms with Crippen molar-refractivity contribution in [3.8, 4) is 0 Å². The average molecular weight is 412 g/mol. The van der Waals surface area contributed by atoms with Crippen molar-refractivity contribution >= 4 is 11.8 Å². The van der Waals surface area contributed by atoms with E-state index in [1.807, 2.05) is 18.7 Å². The largest absolute Gasteiger partial charge is 0.370 e. The van der Waals surface area contributed by atoms with Gasteiger partial charge in [-0.05, 0) is 51.7 Å². The van der Waals surface area contributed by atoms with E-state index in [0.717, 1.165) is 36.9 Å². The second-order valence-corrected chi connectivity index (χ2v) is 8.25. The number of likely N-dealkylation sites (tertiary alicyclic amines) is 1. The van der Waals surface area contributed by atoms with Gasteiger partial charge in [-0.3, -0.25) is 14.6 Å². The number of pyridine rings is 1. The Labute approximate surface area is 176 Å². The minimum atomic E-state index is -0.181. The van der Waals surface area contributed by atoms with Crippen LogP contribution in [-0.4, -0.2) is 58.2 Å². The van der Waals surface area contributed by atoms with Gasteiger partial charge in [-0.25, -0.2) is 0 Å². The fourth-order valence-corrected chi connectivity index (χ4v) is 4.38. The molecule has 4 heterocycles. The topological polar surface area (TPSA) is 97.6 Å². The van der Waals surface area contributed by atoms with Gasteiger partial charge in [0.1, 0.15) is 11.5 Å². The maximum absolute atomic E-state index is 12.7. The number of nitrogens with zero attached hydrogens (tertiary/aromatic N) is 3. The van der Waals surface area contributed by atoms with Gasteiger partial charge in [-0.1, -0.05) is 11.2 Å². The summed E-state index contributed by atoms with van der Waals surface area (Å²) in [6.45, 7) is 5.56. The molecule has 2 aromatic heterocycles. The zero-order valence-corrected chi connectivity index (χ0v) is 17.5. The lowest BCUT2D eigenvalue weighted by Gasteiger charge is -2.39. The van der Waals surface area contributed by atoms with Gasteiger partial charge in [0.2, 0.25) is 5.91 Å². The Morgan fingerprint density at radius 1 is 1.23 bits per heavy atom. The number of amides is 2. The van der Waals surface area contributed by atoms with Crippen LogP contribution in [0, 0.1) is 13.8 Å². The number of nitrogens with one attached hydrogen (secondary N) is 1. The molecule has 2 aliphatic heterocycles. The van der Waals surface area contributed by atoms with E-state index >= 15 is 0 Å². The van der Waals surface area contributed by atoms with Crippen molar-refractivity contribution in [2.75, 3.05) is 19.6 Å². The summed E-state index contributed by atoms with van der Waals surface area (Å²) in [7, 11) is 0. The quantitative estimate of drug-likeness (QED) is 0.809. The highest BCUT2D eigenvalue weighted by atomic mass is 16.5. The highest BCUT2D eigenvalue weighted by Crippen LogP contribution is 2.38. The van der Waals surface area contributed by atoms with Gasteiger partial charge in [-0.2, -0.15) is 0 Å². The van der Waals surface area contributed by atoms with Gasteiger partial charge in [0.15, 0.2) is 0 Å². The second kappa shape index (κ2) is 8.55. The molecule has 2 aliphatic rings. The normalized spacial score (nSPS) is 20.5. The van der Waals surface area contributed by atoms with Gasteiger partial charge in [0, 0.05) is 31.4 Å². The molecule has 2 fully saturated rings. The van der Waals surface area contributed by atoms with E-state index in [2.05, 4.69) is 15.5 Å². The Kier molecular flexibility index (Phi) is 5.85. The summed E-state index contributed by atoms with van der Waals surface area (Å²) in [5.74, 6) is 0.639. The zero-order valence-electron chi connectivity index (χ0n) is 17.5. The van der Waals surface area contributed by atoms with Gasteiger partial charge in [-0.15, -0.1) is 0 Å². The molecule has 8 heteroatoms. The third-order valence-corrected chi connectivity index (χ3v) is 6.26. The summed E-state index contributed by atoms with van der Waals surface area (Å²) < 4.78 is 11.5. The van der Waals surface area contributed by atoms with Crippen LogP contribution in [-0.2, 0) is 16.0 Å². The van der Waals surface area contributed by atoms with Crippen molar-refractivity contribution in [1.82, 2.24) is 20.4 Å². The number of aromatic nitrogens is 2. The van der Waals surface area contributed by atoms with Crippen molar-refractivity contribution in [3.63, 3.8) is 0 Å². The van der Waals surface area contributed by atoms with Crippen LogP contribution in [0.5, 0.6) is 0 Å². The Hall–Kier alpha value is -2.74. The first-order valence-corrected chi connectivity index (χ1v) is 10.5. The Morgan fingerprint density at radius 2 is 2.03 bits per heavy atom. The summed E-state index contributed by atoms with van der Waals surface area (Å²) >= 11 is 0. The molecule has 30 heavy (non-hydrogen) atoms. The molecule has 1 N–H and O–H groups in total. The van der Waals surface area contributed by atoms with Crippen molar-refractivity contribution in [2.45, 2.75) is 57.7 Å². The molecule has 2 aromatic rings. The van der Waals surface area contributed by atoms with E-state index in [-0.39, 0.29) is 23.5 Å². The summed E-state index contributed by atoms with van der Waals surface area (Å²) in [5, 5.41) is 6.85. The summed E-state index contributed by atoms with van der Waals surface area (Å²) in [5.41, 5.74) is 1.90. The van der Waals surface area contributed by atoms with Crippen LogP contribution in [0.2, 0.25) is 0 Å². The number of aryl methyl sites for hydroxylation is 2. The van der Waals surface area contributed by atoms with Crippen LogP contribution in [0.3, 0.4) is 0 Å². The molecule has 0 aromatic carbocycles. The minimum absolute atomic E-state index is 0.00205. The maximum Gasteiger partial charge on any atom is 0.269 e. The summed E-state index contributed by atoms with van der Waals surface area (Å²) in [6.07, 6.45) is 5.46. The molecule has 0 bridgehead atoms. The molecule has 0 saturated carbocycles. The van der Waals surface area contributed by atoms with Crippen molar-refractivity contribution in [1.29, 1.82) is 0 Å². The zero-order chi connectivity index (χ0) is 21.1. The van der Waals surface area contributed by atoms with Crippen LogP contribution in [0.15, 0.2) is 28.9 Å². The standard InChI is InChI=1S/C22H28N4O4/c1-15-18(16(2)30-25-15)13-20(27)26-11-8-22(9-12-26)7-6-17(29-22)14-24-21(28)19-5-3-4-10-23-19/h3-5,10,17H,6-9,11-14H2,1-2H3,(H,24,28). The van der Waals surface area contributed by atoms with Crippen molar-refractivity contribution in [2.24, 2.45) is 0 Å². The highest BCUT2D eigenvalue weighted by molar-refractivity contribution is 5.92. The number of ether oxygens (including phenoxy) is 1. The van der Waals surface area contributed by atoms with Crippen LogP contribution >= 0.6 is 0 Å². The Bertz CT molecular complexity index is 884. The maximum atomic E-state index is 12.7. The molecule has 1 atom stereocenters. The molecule has 1 unspecified atom stereocenters. The summed E-state index contributed by atoms with van der Waals surface area (Å²) in [6, 6.07) is 5.28. The molecule has 0 aliphatic carbocycles. The number of rotatable bonds is 5. The number of piperidine rings is 1. The van der Waals surface area contributed by atoms with Crippen molar-refractivity contribution < 1.29 is 18.8 Å². The minimum Gasteiger partial charge on any atom is -0.370 e. The number of hydrogen-bond donors (Lipinski definition) is 1. The first kappa shape index (κ1) is 20.5. The molecular weight excluding hydrogens is 384 g/mol. The Balaban J connectivity index is 1.25. The Morgan fingerprint density at radius 3 is 2.70 bits per heavy atom. The number of carbonyl (C=O) groups is 2. The van der Waals surface area contributed by atoms with Crippen molar-refractivity contribution in [3.05, 3.63) is 47.1 Å². The summed E-state index contributed by atoms with van der Waals surface area (Å²) in [4.78, 5) is 30.9. The first-order valence-electron chi connectivity index (χ1n) is 10.5. The van der Waals surface area contributed by atoms with E-state index in [1.165, 1.54) is 0 Å². The monoisotopic (exact) mass is 412 g/mol. The number of carbonyl (C=O) groups excluding carboxylic acids is 2. The SMILES string of the molecule is Cc1noc(C)c1CC(=O)N1CCC2(CCC(CNC(=O)c3ccccn3)O2)CC1. The van der Waals surface area contributed by atoms with Gasteiger partial charge in [0.05, 0.1) is 23.8 Å². The van der Waals surface area contributed by atoms with E-state index in [9.17, 15) is 9.59 Å². The smallest absolute Gasteiger partial charge is 0.269 e.